The maximum absolute atomic E-state index is 11.9. The molecular weight excluding hydrogens is 332 g/mol. The molecule has 1 rings (SSSR count). The number of carbonyl (C=O) groups is 1. The summed E-state index contributed by atoms with van der Waals surface area (Å²) < 4.78 is 24.9. The lowest BCUT2D eigenvalue weighted by Gasteiger charge is -2.18. The molecule has 0 heterocycles. The maximum atomic E-state index is 11.9. The molecule has 1 amide bonds. The molecule has 0 saturated heterocycles. The van der Waals surface area contributed by atoms with Crippen LogP contribution in [0, 0.1) is 0 Å². The molecule has 0 saturated carbocycles. The summed E-state index contributed by atoms with van der Waals surface area (Å²) >= 11 is 3.21. The van der Waals surface area contributed by atoms with Gasteiger partial charge in [-0.25, -0.2) is 12.7 Å². The molecule has 0 aliphatic rings. The van der Waals surface area contributed by atoms with Crippen molar-refractivity contribution in [3.8, 4) is 0 Å². The molecule has 7 heteroatoms. The Kier molecular flexibility index (Phi) is 5.51. The van der Waals surface area contributed by atoms with E-state index < -0.39 is 10.0 Å². The number of carbonyl (C=O) groups excluding carboxylic acids is 1. The third-order valence-electron chi connectivity index (χ3n) is 2.69. The molecule has 1 aromatic carbocycles. The lowest BCUT2D eigenvalue weighted by Crippen LogP contribution is -2.26. The van der Waals surface area contributed by atoms with E-state index in [9.17, 15) is 13.2 Å². The predicted molar refractivity (Wildman–Crippen MR) is 79.1 cm³/mol. The Labute approximate surface area is 122 Å². The first kappa shape index (κ1) is 16.1. The Morgan fingerprint density at radius 2 is 1.68 bits per heavy atom. The van der Waals surface area contributed by atoms with Gasteiger partial charge in [-0.2, -0.15) is 0 Å². The van der Waals surface area contributed by atoms with Gasteiger partial charge in [-0.3, -0.25) is 4.79 Å². The van der Waals surface area contributed by atoms with Crippen LogP contribution in [0.3, 0.4) is 0 Å². The summed E-state index contributed by atoms with van der Waals surface area (Å²) in [5.41, 5.74) is 0.670. The van der Waals surface area contributed by atoms with Crippen LogP contribution < -0.4 is 4.90 Å². The second-order valence-electron chi connectivity index (χ2n) is 4.17. The van der Waals surface area contributed by atoms with E-state index in [0.717, 1.165) is 4.31 Å². The highest BCUT2D eigenvalue weighted by atomic mass is 79.9. The lowest BCUT2D eigenvalue weighted by atomic mass is 10.3. The van der Waals surface area contributed by atoms with E-state index >= 15 is 0 Å². The number of hydrogen-bond acceptors (Lipinski definition) is 3. The van der Waals surface area contributed by atoms with Gasteiger partial charge in [0.2, 0.25) is 15.9 Å². The maximum Gasteiger partial charge on any atom is 0.242 e. The number of anilines is 1. The van der Waals surface area contributed by atoms with Crippen LogP contribution in [0.15, 0.2) is 29.2 Å². The second-order valence-corrected chi connectivity index (χ2v) is 7.12. The minimum atomic E-state index is -3.43. The quantitative estimate of drug-likeness (QED) is 0.760. The van der Waals surface area contributed by atoms with E-state index in [1.54, 1.807) is 19.2 Å². The molecule has 5 nitrogen and oxygen atoms in total. The zero-order chi connectivity index (χ0) is 14.6. The first-order valence-corrected chi connectivity index (χ1v) is 8.22. The number of nitrogens with zero attached hydrogens (tertiary/aromatic N) is 2. The van der Waals surface area contributed by atoms with E-state index in [-0.39, 0.29) is 10.8 Å². The normalized spacial score (nSPS) is 11.6. The van der Waals surface area contributed by atoms with E-state index in [4.69, 9.17) is 0 Å². The van der Waals surface area contributed by atoms with Gasteiger partial charge in [0.25, 0.3) is 0 Å². The number of amides is 1. The summed E-state index contributed by atoms with van der Waals surface area (Å²) in [5.74, 6) is -0.0277. The van der Waals surface area contributed by atoms with Gasteiger partial charge in [-0.1, -0.05) is 15.9 Å². The summed E-state index contributed by atoms with van der Waals surface area (Å²) in [6, 6.07) is 6.26. The van der Waals surface area contributed by atoms with E-state index in [1.807, 2.05) is 0 Å². The molecule has 19 heavy (non-hydrogen) atoms. The molecule has 0 aromatic heterocycles. The van der Waals surface area contributed by atoms with Gasteiger partial charge in [0.1, 0.15) is 0 Å². The van der Waals surface area contributed by atoms with Crippen molar-refractivity contribution < 1.29 is 13.2 Å². The Hall–Kier alpha value is -0.920. The van der Waals surface area contributed by atoms with Crippen LogP contribution in [0.2, 0.25) is 0 Å². The molecule has 0 N–H and O–H groups in total. The summed E-state index contributed by atoms with van der Waals surface area (Å²) in [5, 5.41) is 0.600. The Morgan fingerprint density at radius 1 is 1.16 bits per heavy atom. The molecule has 0 aliphatic heterocycles. The van der Waals surface area contributed by atoms with Crippen LogP contribution in [-0.2, 0) is 14.8 Å². The number of rotatable bonds is 5. The van der Waals surface area contributed by atoms with Gasteiger partial charge in [0, 0.05) is 38.6 Å². The third-order valence-corrected chi connectivity index (χ3v) is 4.91. The highest BCUT2D eigenvalue weighted by molar-refractivity contribution is 9.09. The zero-order valence-electron chi connectivity index (χ0n) is 11.1. The van der Waals surface area contributed by atoms with Crippen LogP contribution in [0.25, 0.3) is 0 Å². The van der Waals surface area contributed by atoms with Crippen molar-refractivity contribution in [3.63, 3.8) is 0 Å². The number of alkyl halides is 1. The Balaban J connectivity index is 2.97. The van der Waals surface area contributed by atoms with Gasteiger partial charge < -0.3 is 4.90 Å². The summed E-state index contributed by atoms with van der Waals surface area (Å²) in [6.07, 6.45) is 0.397. The SMILES string of the molecule is CN(C(=O)CCBr)c1ccc(S(=O)(=O)N(C)C)cc1. The fourth-order valence-corrected chi connectivity index (χ4v) is 2.69. The molecule has 0 bridgehead atoms. The first-order chi connectivity index (χ1) is 8.80. The molecule has 0 fully saturated rings. The van der Waals surface area contributed by atoms with Crippen molar-refractivity contribution in [2.45, 2.75) is 11.3 Å². The van der Waals surface area contributed by atoms with E-state index in [2.05, 4.69) is 15.9 Å². The number of sulfonamides is 1. The number of hydrogen-bond donors (Lipinski definition) is 0. The molecular formula is C12H17BrN2O3S. The molecule has 0 radical (unpaired) electrons. The zero-order valence-corrected chi connectivity index (χ0v) is 13.5. The van der Waals surface area contributed by atoms with E-state index in [1.165, 1.54) is 31.1 Å². The predicted octanol–water partition coefficient (Wildman–Crippen LogP) is 1.68. The molecule has 0 unspecified atom stereocenters. The lowest BCUT2D eigenvalue weighted by molar-refractivity contribution is -0.117. The minimum Gasteiger partial charge on any atom is -0.315 e. The smallest absolute Gasteiger partial charge is 0.242 e. The highest BCUT2D eigenvalue weighted by Gasteiger charge is 2.17. The monoisotopic (exact) mass is 348 g/mol. The van der Waals surface area contributed by atoms with Crippen LogP contribution >= 0.6 is 15.9 Å². The summed E-state index contributed by atoms with van der Waals surface area (Å²) in [7, 11) is 1.20. The molecule has 0 aliphatic carbocycles. The number of benzene rings is 1. The molecule has 1 aromatic rings. The summed E-state index contributed by atoms with van der Waals surface area (Å²) in [6.45, 7) is 0. The fraction of sp³-hybridized carbons (Fsp3) is 0.417. The minimum absolute atomic E-state index is 0.0277. The van der Waals surface area contributed by atoms with Crippen LogP contribution in [0.1, 0.15) is 6.42 Å². The van der Waals surface area contributed by atoms with Gasteiger partial charge in [-0.15, -0.1) is 0 Å². The average Bonchev–Trinajstić information content (AvgIpc) is 2.38. The fourth-order valence-electron chi connectivity index (χ4n) is 1.45. The van der Waals surface area contributed by atoms with Crippen molar-refractivity contribution in [2.24, 2.45) is 0 Å². The Morgan fingerprint density at radius 3 is 2.11 bits per heavy atom. The first-order valence-electron chi connectivity index (χ1n) is 5.66. The largest absolute Gasteiger partial charge is 0.315 e. The molecule has 0 spiro atoms. The standard InChI is InChI=1S/C12H17BrN2O3S/c1-14(2)19(17,18)11-6-4-10(5-7-11)15(3)12(16)8-9-13/h4-7H,8-9H2,1-3H3. The van der Waals surface area contributed by atoms with Crippen molar-refractivity contribution in [1.29, 1.82) is 0 Å². The summed E-state index contributed by atoms with van der Waals surface area (Å²) in [4.78, 5) is 13.4. The second kappa shape index (κ2) is 6.49. The number of halogens is 1. The molecule has 0 atom stereocenters. The van der Waals surface area contributed by atoms with Crippen molar-refractivity contribution in [1.82, 2.24) is 4.31 Å². The van der Waals surface area contributed by atoms with Gasteiger partial charge >= 0.3 is 0 Å². The van der Waals surface area contributed by atoms with Crippen LogP contribution in [0.5, 0.6) is 0 Å². The topological polar surface area (TPSA) is 57.7 Å². The van der Waals surface area contributed by atoms with Crippen LogP contribution in [0.4, 0.5) is 5.69 Å². The van der Waals surface area contributed by atoms with E-state index in [0.29, 0.717) is 17.4 Å². The van der Waals surface area contributed by atoms with Gasteiger partial charge in [0.05, 0.1) is 4.90 Å². The van der Waals surface area contributed by atoms with Crippen LogP contribution in [-0.4, -0.2) is 45.1 Å². The van der Waals surface area contributed by atoms with Gasteiger partial charge in [-0.05, 0) is 24.3 Å². The molecule has 106 valence electrons. The highest BCUT2D eigenvalue weighted by Crippen LogP contribution is 2.19. The van der Waals surface area contributed by atoms with Crippen molar-refractivity contribution >= 4 is 37.5 Å². The Bertz CT molecular complexity index is 541. The third kappa shape index (κ3) is 3.77. The van der Waals surface area contributed by atoms with Gasteiger partial charge in [0.15, 0.2) is 0 Å². The van der Waals surface area contributed by atoms with Crippen molar-refractivity contribution in [3.05, 3.63) is 24.3 Å². The van der Waals surface area contributed by atoms with Crippen molar-refractivity contribution in [2.75, 3.05) is 31.4 Å². The average molecular weight is 349 g/mol.